The lowest BCUT2D eigenvalue weighted by molar-refractivity contribution is -0.131. The molecular weight excluding hydrogens is 244 g/mol. The number of hydrogen-bond donors (Lipinski definition) is 1. The third kappa shape index (κ3) is 1.76. The van der Waals surface area contributed by atoms with E-state index in [4.69, 9.17) is 4.74 Å². The first-order chi connectivity index (χ1) is 9.20. The van der Waals surface area contributed by atoms with Crippen molar-refractivity contribution in [1.82, 2.24) is 9.97 Å². The van der Waals surface area contributed by atoms with E-state index in [0.29, 0.717) is 28.6 Å². The summed E-state index contributed by atoms with van der Waals surface area (Å²) in [6, 6.07) is 7.56. The van der Waals surface area contributed by atoms with Crippen LogP contribution in [0, 0.1) is 0 Å². The Hall–Kier alpha value is -2.69. The molecule has 19 heavy (non-hydrogen) atoms. The fraction of sp³-hybridized carbons (Fsp3) is 0.0714. The number of pyridine rings is 1. The highest BCUT2D eigenvalue weighted by molar-refractivity contribution is 6.14. The van der Waals surface area contributed by atoms with E-state index in [1.807, 2.05) is 24.3 Å². The van der Waals surface area contributed by atoms with Crippen LogP contribution < -0.4 is 4.74 Å². The van der Waals surface area contributed by atoms with E-state index >= 15 is 0 Å². The van der Waals surface area contributed by atoms with Crippen molar-refractivity contribution in [3.8, 4) is 5.75 Å². The number of nitrogens with one attached hydrogen (secondary N) is 1. The normalized spacial score (nSPS) is 10.8. The van der Waals surface area contributed by atoms with E-state index in [2.05, 4.69) is 9.97 Å². The van der Waals surface area contributed by atoms with Gasteiger partial charge in [0.05, 0.1) is 17.1 Å². The number of benzene rings is 1. The van der Waals surface area contributed by atoms with E-state index in [-0.39, 0.29) is 0 Å². The number of hydrogen-bond acceptors (Lipinski definition) is 4. The second-order valence-corrected chi connectivity index (χ2v) is 4.14. The molecule has 1 aromatic carbocycles. The van der Waals surface area contributed by atoms with Crippen molar-refractivity contribution < 1.29 is 14.3 Å². The zero-order valence-electron chi connectivity index (χ0n) is 10.1. The van der Waals surface area contributed by atoms with Crippen molar-refractivity contribution in [1.29, 1.82) is 0 Å². The molecule has 3 rings (SSSR count). The predicted molar refractivity (Wildman–Crippen MR) is 70.3 cm³/mol. The van der Waals surface area contributed by atoms with Gasteiger partial charge in [-0.1, -0.05) is 18.2 Å². The first kappa shape index (κ1) is 11.4. The minimum absolute atomic E-state index is 0.294. The standard InChI is InChI=1S/C14H10N2O3/c1-8(18)19-12-6-15-11(7-17)14-13(12)9-4-2-3-5-10(9)16-14/h2-7,16H,1H3. The van der Waals surface area contributed by atoms with Crippen molar-refractivity contribution in [3.05, 3.63) is 36.2 Å². The second kappa shape index (κ2) is 4.20. The molecule has 1 N–H and O–H groups in total. The molecule has 0 atom stereocenters. The number of carbonyl (C=O) groups is 2. The molecule has 0 amide bonds. The Bertz CT molecular complexity index is 805. The Morgan fingerprint density at radius 2 is 2.16 bits per heavy atom. The number of H-pyrrole nitrogens is 1. The Labute approximate surface area is 108 Å². The summed E-state index contributed by atoms with van der Waals surface area (Å²) in [5.41, 5.74) is 1.74. The molecular formula is C14H10N2O3. The maximum absolute atomic E-state index is 11.1. The van der Waals surface area contributed by atoms with Gasteiger partial charge in [-0.2, -0.15) is 0 Å². The van der Waals surface area contributed by atoms with Gasteiger partial charge < -0.3 is 9.72 Å². The summed E-state index contributed by atoms with van der Waals surface area (Å²) in [7, 11) is 0. The molecule has 3 aromatic rings. The lowest BCUT2D eigenvalue weighted by atomic mass is 10.1. The number of carbonyl (C=O) groups excluding carboxylic acids is 2. The summed E-state index contributed by atoms with van der Waals surface area (Å²) in [6.07, 6.45) is 2.07. The second-order valence-electron chi connectivity index (χ2n) is 4.14. The lowest BCUT2D eigenvalue weighted by Gasteiger charge is -2.03. The van der Waals surface area contributed by atoms with Gasteiger partial charge in [-0.3, -0.25) is 9.59 Å². The number of aldehydes is 1. The van der Waals surface area contributed by atoms with Crippen LogP contribution in [-0.2, 0) is 4.79 Å². The van der Waals surface area contributed by atoms with Crippen LogP contribution in [0.15, 0.2) is 30.5 Å². The van der Waals surface area contributed by atoms with Crippen LogP contribution in [0.4, 0.5) is 0 Å². The number of para-hydroxylation sites is 1. The molecule has 0 saturated heterocycles. The van der Waals surface area contributed by atoms with Gasteiger partial charge in [-0.05, 0) is 6.07 Å². The predicted octanol–water partition coefficient (Wildman–Crippen LogP) is 2.45. The van der Waals surface area contributed by atoms with E-state index < -0.39 is 5.97 Å². The van der Waals surface area contributed by atoms with Crippen LogP contribution in [0.2, 0.25) is 0 Å². The Balaban J connectivity index is 2.45. The van der Waals surface area contributed by atoms with Gasteiger partial charge in [0.15, 0.2) is 12.0 Å². The van der Waals surface area contributed by atoms with Crippen LogP contribution in [0.3, 0.4) is 0 Å². The lowest BCUT2D eigenvalue weighted by Crippen LogP contribution is -2.03. The van der Waals surface area contributed by atoms with Gasteiger partial charge in [0.1, 0.15) is 5.69 Å². The maximum Gasteiger partial charge on any atom is 0.308 e. The van der Waals surface area contributed by atoms with Gasteiger partial charge in [0.2, 0.25) is 0 Å². The fourth-order valence-electron chi connectivity index (χ4n) is 2.17. The van der Waals surface area contributed by atoms with Crippen molar-refractivity contribution >= 4 is 34.1 Å². The molecule has 0 bridgehead atoms. The number of esters is 1. The molecule has 0 radical (unpaired) electrons. The van der Waals surface area contributed by atoms with Crippen LogP contribution in [-0.4, -0.2) is 22.2 Å². The van der Waals surface area contributed by atoms with Crippen molar-refractivity contribution in [2.24, 2.45) is 0 Å². The molecule has 0 aliphatic rings. The SMILES string of the molecule is CC(=O)Oc1cnc(C=O)c2[nH]c3ccccc3c12. The van der Waals surface area contributed by atoms with E-state index in [9.17, 15) is 9.59 Å². The van der Waals surface area contributed by atoms with Crippen molar-refractivity contribution in [2.75, 3.05) is 0 Å². The summed E-state index contributed by atoms with van der Waals surface area (Å²) in [6.45, 7) is 1.33. The molecule has 2 aromatic heterocycles. The highest BCUT2D eigenvalue weighted by Gasteiger charge is 2.15. The van der Waals surface area contributed by atoms with Crippen molar-refractivity contribution in [2.45, 2.75) is 6.92 Å². The zero-order chi connectivity index (χ0) is 13.4. The van der Waals surface area contributed by atoms with Gasteiger partial charge in [-0.25, -0.2) is 4.98 Å². The van der Waals surface area contributed by atoms with Crippen LogP contribution in [0.1, 0.15) is 17.4 Å². The zero-order valence-corrected chi connectivity index (χ0v) is 10.1. The maximum atomic E-state index is 11.1. The minimum Gasteiger partial charge on any atom is -0.424 e. The topological polar surface area (TPSA) is 72.0 Å². The Kier molecular flexibility index (Phi) is 2.52. The van der Waals surface area contributed by atoms with Gasteiger partial charge in [0, 0.05) is 17.8 Å². The number of rotatable bonds is 2. The van der Waals surface area contributed by atoms with Crippen LogP contribution >= 0.6 is 0 Å². The average molecular weight is 254 g/mol. The first-order valence-electron chi connectivity index (χ1n) is 5.73. The Morgan fingerprint density at radius 1 is 1.37 bits per heavy atom. The van der Waals surface area contributed by atoms with Crippen molar-refractivity contribution in [3.63, 3.8) is 0 Å². The summed E-state index contributed by atoms with van der Waals surface area (Å²) >= 11 is 0. The van der Waals surface area contributed by atoms with Gasteiger partial charge in [0.25, 0.3) is 0 Å². The molecule has 2 heterocycles. The monoisotopic (exact) mass is 254 g/mol. The molecule has 0 aliphatic carbocycles. The van der Waals surface area contributed by atoms with E-state index in [0.717, 1.165) is 10.9 Å². The quantitative estimate of drug-likeness (QED) is 0.563. The smallest absolute Gasteiger partial charge is 0.308 e. The van der Waals surface area contributed by atoms with Gasteiger partial charge in [-0.15, -0.1) is 0 Å². The summed E-state index contributed by atoms with van der Waals surface area (Å²) in [5, 5.41) is 1.59. The van der Waals surface area contributed by atoms with Crippen LogP contribution in [0.25, 0.3) is 21.8 Å². The third-order valence-electron chi connectivity index (χ3n) is 2.89. The molecule has 0 saturated carbocycles. The average Bonchev–Trinajstić information content (AvgIpc) is 2.78. The number of aromatic nitrogens is 2. The molecule has 0 aliphatic heterocycles. The molecule has 0 unspecified atom stereocenters. The number of fused-ring (bicyclic) bond motifs is 3. The molecule has 0 spiro atoms. The summed E-state index contributed by atoms with van der Waals surface area (Å²) < 4.78 is 5.16. The minimum atomic E-state index is -0.424. The summed E-state index contributed by atoms with van der Waals surface area (Å²) in [4.78, 5) is 29.3. The van der Waals surface area contributed by atoms with Crippen LogP contribution in [0.5, 0.6) is 5.75 Å². The summed E-state index contributed by atoms with van der Waals surface area (Å²) in [5.74, 6) is -0.0715. The largest absolute Gasteiger partial charge is 0.424 e. The molecule has 5 heteroatoms. The highest BCUT2D eigenvalue weighted by atomic mass is 16.5. The third-order valence-corrected chi connectivity index (χ3v) is 2.89. The fourth-order valence-corrected chi connectivity index (χ4v) is 2.17. The Morgan fingerprint density at radius 3 is 2.89 bits per heavy atom. The molecule has 94 valence electrons. The first-order valence-corrected chi connectivity index (χ1v) is 5.73. The molecule has 0 fully saturated rings. The number of ether oxygens (including phenoxy) is 1. The van der Waals surface area contributed by atoms with E-state index in [1.165, 1.54) is 13.1 Å². The molecule has 5 nitrogen and oxygen atoms in total. The number of aromatic amines is 1. The van der Waals surface area contributed by atoms with E-state index in [1.54, 1.807) is 0 Å². The number of nitrogens with zero attached hydrogens (tertiary/aromatic N) is 1. The van der Waals surface area contributed by atoms with Gasteiger partial charge >= 0.3 is 5.97 Å². The highest BCUT2D eigenvalue weighted by Crippen LogP contribution is 2.33.